The zero-order chi connectivity index (χ0) is 25.9. The molecular weight excluding hydrogens is 479 g/mol. The number of alkyl halides is 5. The van der Waals surface area contributed by atoms with Crippen LogP contribution in [-0.2, 0) is 6.42 Å². The number of aliphatic hydroxyl groups excluding tert-OH is 1. The number of aliphatic hydroxyl groups is 1. The number of rotatable bonds is 8. The molecule has 0 saturated carbocycles. The minimum atomic E-state index is -5.66. The third-order valence-electron chi connectivity index (χ3n) is 5.49. The van der Waals surface area contributed by atoms with Crippen molar-refractivity contribution in [1.29, 1.82) is 0 Å². The average Bonchev–Trinajstić information content (AvgIpc) is 3.23. The normalized spacial score (nSPS) is 13.4. The predicted octanol–water partition coefficient (Wildman–Crippen LogP) is 6.90. The Bertz CT molecular complexity index is 1360. The fraction of sp³-hybridized carbons (Fsp3) is 0.222. The van der Waals surface area contributed by atoms with Gasteiger partial charge in [-0.2, -0.15) is 22.0 Å². The van der Waals surface area contributed by atoms with Gasteiger partial charge in [0, 0.05) is 0 Å². The van der Waals surface area contributed by atoms with Crippen molar-refractivity contribution in [3.8, 4) is 16.9 Å². The van der Waals surface area contributed by atoms with E-state index in [1.807, 2.05) is 42.5 Å². The van der Waals surface area contributed by atoms with Gasteiger partial charge in [0.1, 0.15) is 11.6 Å². The summed E-state index contributed by atoms with van der Waals surface area (Å²) < 4.78 is 67.4. The lowest BCUT2D eigenvalue weighted by Crippen LogP contribution is -2.41. The molecule has 4 aromatic rings. The molecule has 0 aliphatic rings. The van der Waals surface area contributed by atoms with Crippen LogP contribution < -0.4 is 4.74 Å². The second-order valence-electron chi connectivity index (χ2n) is 8.46. The van der Waals surface area contributed by atoms with Crippen molar-refractivity contribution in [1.82, 2.24) is 9.97 Å². The van der Waals surface area contributed by atoms with Gasteiger partial charge in [-0.1, -0.05) is 48.5 Å². The zero-order valence-corrected chi connectivity index (χ0v) is 19.2. The molecule has 2 N–H and O–H groups in total. The Morgan fingerprint density at radius 2 is 1.69 bits per heavy atom. The van der Waals surface area contributed by atoms with Crippen LogP contribution in [0.4, 0.5) is 22.0 Å². The van der Waals surface area contributed by atoms with Crippen molar-refractivity contribution in [3.05, 3.63) is 83.7 Å². The van der Waals surface area contributed by atoms with Gasteiger partial charge in [0.2, 0.25) is 0 Å². The fourth-order valence-electron chi connectivity index (χ4n) is 3.68. The number of fused-ring (bicyclic) bond motifs is 1. The van der Waals surface area contributed by atoms with E-state index in [-0.39, 0.29) is 5.75 Å². The van der Waals surface area contributed by atoms with Crippen LogP contribution in [0.3, 0.4) is 0 Å². The highest BCUT2D eigenvalue weighted by Crippen LogP contribution is 2.35. The minimum Gasteiger partial charge on any atom is -0.487 e. The average molecular weight is 502 g/mol. The second-order valence-corrected chi connectivity index (χ2v) is 8.46. The summed E-state index contributed by atoms with van der Waals surface area (Å²) >= 11 is 0. The summed E-state index contributed by atoms with van der Waals surface area (Å²) in [4.78, 5) is 7.77. The largest absolute Gasteiger partial charge is 0.487 e. The third kappa shape index (κ3) is 5.91. The maximum Gasteiger partial charge on any atom is 0.456 e. The number of hydrogen-bond donors (Lipinski definition) is 2. The van der Waals surface area contributed by atoms with Gasteiger partial charge in [0.25, 0.3) is 0 Å². The van der Waals surface area contributed by atoms with Gasteiger partial charge in [-0.25, -0.2) is 4.98 Å². The summed E-state index contributed by atoms with van der Waals surface area (Å²) in [6.07, 6.45) is -2.12. The Hall–Kier alpha value is -3.72. The molecule has 3 aromatic carbocycles. The van der Waals surface area contributed by atoms with Crippen molar-refractivity contribution in [2.45, 2.75) is 31.5 Å². The van der Waals surface area contributed by atoms with Crippen LogP contribution in [0.2, 0.25) is 0 Å². The number of hydrogen-bond acceptors (Lipinski definition) is 3. The molecule has 0 amide bonds. The van der Waals surface area contributed by atoms with E-state index in [0.717, 1.165) is 27.7 Å². The number of aromatic amines is 1. The van der Waals surface area contributed by atoms with Crippen molar-refractivity contribution in [2.75, 3.05) is 6.61 Å². The maximum atomic E-state index is 13.0. The van der Waals surface area contributed by atoms with Gasteiger partial charge in [-0.3, -0.25) is 0 Å². The first kappa shape index (κ1) is 25.4. The molecule has 4 nitrogen and oxygen atoms in total. The number of aromatic nitrogens is 2. The monoisotopic (exact) mass is 502 g/mol. The van der Waals surface area contributed by atoms with Crippen LogP contribution >= 0.6 is 0 Å². The number of nitrogens with one attached hydrogen (secondary N) is 1. The lowest BCUT2D eigenvalue weighted by Gasteiger charge is -2.19. The molecule has 0 radical (unpaired) electrons. The summed E-state index contributed by atoms with van der Waals surface area (Å²) in [5.41, 5.74) is 5.33. The molecule has 9 heteroatoms. The fourth-order valence-corrected chi connectivity index (χ4v) is 3.68. The summed E-state index contributed by atoms with van der Waals surface area (Å²) in [5, 5.41) is 9.81. The van der Waals surface area contributed by atoms with Gasteiger partial charge >= 0.3 is 12.1 Å². The lowest BCUT2D eigenvalue weighted by molar-refractivity contribution is -0.290. The van der Waals surface area contributed by atoms with E-state index >= 15 is 0 Å². The molecule has 1 atom stereocenters. The zero-order valence-electron chi connectivity index (χ0n) is 19.2. The van der Waals surface area contributed by atoms with Gasteiger partial charge in [-0.15, -0.1) is 0 Å². The van der Waals surface area contributed by atoms with Gasteiger partial charge < -0.3 is 14.8 Å². The topological polar surface area (TPSA) is 58.1 Å². The molecule has 1 aromatic heterocycles. The van der Waals surface area contributed by atoms with Crippen LogP contribution in [0, 0.1) is 0 Å². The first-order chi connectivity index (χ1) is 17.0. The highest BCUT2D eigenvalue weighted by Gasteiger charge is 2.58. The van der Waals surface area contributed by atoms with E-state index in [0.29, 0.717) is 17.8 Å². The lowest BCUT2D eigenvalue weighted by atomic mass is 9.96. The molecular formula is C27H23F5N2O2. The van der Waals surface area contributed by atoms with Crippen molar-refractivity contribution in [3.63, 3.8) is 0 Å². The first-order valence-electron chi connectivity index (χ1n) is 11.1. The Labute approximate surface area is 204 Å². The van der Waals surface area contributed by atoms with Crippen LogP contribution in [0.5, 0.6) is 5.75 Å². The number of imidazole rings is 1. The molecule has 0 aliphatic carbocycles. The van der Waals surface area contributed by atoms with E-state index in [1.54, 1.807) is 19.1 Å². The molecule has 0 fully saturated rings. The molecule has 1 heterocycles. The van der Waals surface area contributed by atoms with Crippen LogP contribution in [0.25, 0.3) is 34.3 Å². The summed E-state index contributed by atoms with van der Waals surface area (Å²) in [5.74, 6) is -4.43. The van der Waals surface area contributed by atoms with E-state index in [2.05, 4.69) is 14.7 Å². The Balaban J connectivity index is 1.47. The quantitative estimate of drug-likeness (QED) is 0.258. The van der Waals surface area contributed by atoms with Crippen molar-refractivity contribution < 1.29 is 31.8 Å². The number of ether oxygens (including phenoxy) is 1. The van der Waals surface area contributed by atoms with Gasteiger partial charge in [-0.05, 0) is 65.9 Å². The Morgan fingerprint density at radius 1 is 0.972 bits per heavy atom. The molecule has 4 rings (SSSR count). The van der Waals surface area contributed by atoms with E-state index < -0.39 is 24.8 Å². The highest BCUT2D eigenvalue weighted by molar-refractivity contribution is 5.84. The second kappa shape index (κ2) is 10.1. The summed E-state index contributed by atoms with van der Waals surface area (Å²) in [6.45, 7) is -0.0311. The standard InChI is InChI=1S/C27H23F5N2O2/c1-17(35)14-19-4-2-3-5-22(19)20-9-12-23-24(15-20)34-25(33-23)13-8-18-6-10-21(11-7-18)36-16-26(28,29)27(30,31)32/h2-13,15,17,35H,14,16H2,1H3,(H,33,34). The van der Waals surface area contributed by atoms with Gasteiger partial charge in [0.15, 0.2) is 6.61 Å². The highest BCUT2D eigenvalue weighted by atomic mass is 19.4. The number of benzene rings is 3. The summed E-state index contributed by atoms with van der Waals surface area (Å²) in [6, 6.07) is 19.5. The van der Waals surface area contributed by atoms with Crippen molar-refractivity contribution in [2.24, 2.45) is 0 Å². The molecule has 0 aliphatic heterocycles. The first-order valence-corrected chi connectivity index (χ1v) is 11.1. The molecule has 1 unspecified atom stereocenters. The van der Waals surface area contributed by atoms with Crippen LogP contribution in [-0.4, -0.2) is 39.9 Å². The molecule has 188 valence electrons. The molecule has 0 saturated heterocycles. The number of H-pyrrole nitrogens is 1. The third-order valence-corrected chi connectivity index (χ3v) is 5.49. The Morgan fingerprint density at radius 3 is 2.39 bits per heavy atom. The molecule has 0 bridgehead atoms. The SMILES string of the molecule is CC(O)Cc1ccccc1-c1ccc2nc(C=Cc3ccc(OCC(F)(F)C(F)(F)F)cc3)[nH]c2c1. The van der Waals surface area contributed by atoms with Crippen molar-refractivity contribution >= 4 is 23.2 Å². The van der Waals surface area contributed by atoms with E-state index in [4.69, 9.17) is 0 Å². The number of nitrogens with zero attached hydrogens (tertiary/aromatic N) is 1. The minimum absolute atomic E-state index is 0.0942. The van der Waals surface area contributed by atoms with Crippen LogP contribution in [0.1, 0.15) is 23.9 Å². The van der Waals surface area contributed by atoms with Gasteiger partial charge in [0.05, 0.1) is 17.1 Å². The smallest absolute Gasteiger partial charge is 0.456 e. The number of halogens is 5. The van der Waals surface area contributed by atoms with Crippen LogP contribution in [0.15, 0.2) is 66.7 Å². The molecule has 36 heavy (non-hydrogen) atoms. The Kier molecular flexibility index (Phi) is 7.12. The van der Waals surface area contributed by atoms with E-state index in [1.165, 1.54) is 24.3 Å². The van der Waals surface area contributed by atoms with E-state index in [9.17, 15) is 27.1 Å². The summed E-state index contributed by atoms with van der Waals surface area (Å²) in [7, 11) is 0. The predicted molar refractivity (Wildman–Crippen MR) is 129 cm³/mol. The maximum absolute atomic E-state index is 13.0. The molecule has 0 spiro atoms.